The van der Waals surface area contributed by atoms with Gasteiger partial charge >= 0.3 is 6.18 Å². The van der Waals surface area contributed by atoms with Gasteiger partial charge in [0.15, 0.2) is 9.84 Å². The van der Waals surface area contributed by atoms with Crippen molar-refractivity contribution in [1.82, 2.24) is 0 Å². The Balaban J connectivity index is 1.84. The zero-order valence-corrected chi connectivity index (χ0v) is 13.6. The number of benzene rings is 1. The fourth-order valence-electron chi connectivity index (χ4n) is 3.91. The summed E-state index contributed by atoms with van der Waals surface area (Å²) in [5.74, 6) is -1.03. The minimum absolute atomic E-state index is 0.00625. The van der Waals surface area contributed by atoms with Crippen molar-refractivity contribution in [3.8, 4) is 0 Å². The van der Waals surface area contributed by atoms with Crippen molar-refractivity contribution in [2.75, 3.05) is 0 Å². The van der Waals surface area contributed by atoms with Crippen LogP contribution in [0.4, 0.5) is 17.6 Å². The van der Waals surface area contributed by atoms with E-state index in [1.807, 2.05) is 0 Å². The minimum atomic E-state index is -4.63. The summed E-state index contributed by atoms with van der Waals surface area (Å²) >= 11 is 0. The molecule has 2 saturated heterocycles. The molecule has 0 amide bonds. The van der Waals surface area contributed by atoms with Crippen LogP contribution in [0.1, 0.15) is 43.2 Å². The number of alkyl halides is 3. The first kappa shape index (κ1) is 17.7. The van der Waals surface area contributed by atoms with E-state index in [1.165, 1.54) is 0 Å². The summed E-state index contributed by atoms with van der Waals surface area (Å²) in [6.07, 6.45) is -3.09. The van der Waals surface area contributed by atoms with Crippen LogP contribution in [-0.4, -0.2) is 29.6 Å². The van der Waals surface area contributed by atoms with Crippen molar-refractivity contribution in [2.24, 2.45) is 0 Å². The summed E-state index contributed by atoms with van der Waals surface area (Å²) < 4.78 is 76.3. The van der Waals surface area contributed by atoms with Crippen molar-refractivity contribution in [2.45, 2.75) is 60.8 Å². The smallest absolute Gasteiger partial charge is 0.389 e. The average molecular weight is 366 g/mol. The van der Waals surface area contributed by atoms with Gasteiger partial charge in [-0.3, -0.25) is 0 Å². The number of rotatable bonds is 2. The first-order valence-electron chi connectivity index (χ1n) is 7.82. The molecular formula is C16H18F4O3S. The quantitative estimate of drug-likeness (QED) is 0.818. The van der Waals surface area contributed by atoms with Crippen LogP contribution >= 0.6 is 0 Å². The van der Waals surface area contributed by atoms with Crippen LogP contribution in [0, 0.1) is 5.82 Å². The molecule has 0 saturated carbocycles. The zero-order valence-electron chi connectivity index (χ0n) is 12.8. The fourth-order valence-corrected chi connectivity index (χ4v) is 6.53. The number of hydrogen-bond donors (Lipinski definition) is 1. The molecule has 3 rings (SSSR count). The Hall–Kier alpha value is -1.15. The van der Waals surface area contributed by atoms with E-state index in [4.69, 9.17) is 0 Å². The van der Waals surface area contributed by atoms with Gasteiger partial charge in [0.05, 0.1) is 21.7 Å². The predicted octanol–water partition coefficient (Wildman–Crippen LogP) is 3.25. The van der Waals surface area contributed by atoms with Crippen LogP contribution in [-0.2, 0) is 22.4 Å². The van der Waals surface area contributed by atoms with Crippen LogP contribution < -0.4 is 0 Å². The molecule has 0 radical (unpaired) electrons. The third-order valence-corrected chi connectivity index (χ3v) is 7.76. The van der Waals surface area contributed by atoms with Crippen LogP contribution in [0.3, 0.4) is 0 Å². The van der Waals surface area contributed by atoms with Crippen molar-refractivity contribution < 1.29 is 31.1 Å². The van der Waals surface area contributed by atoms with Gasteiger partial charge in [-0.1, -0.05) is 12.5 Å². The number of aliphatic hydroxyl groups is 1. The second-order valence-corrected chi connectivity index (χ2v) is 9.39. The van der Waals surface area contributed by atoms with Gasteiger partial charge in [-0.25, -0.2) is 12.8 Å². The molecule has 2 fully saturated rings. The SMILES string of the molecule is O=S1(=O)C2CCCC1CC(O)(Cc1ccc(C(F)(F)F)cc1F)C2. The lowest BCUT2D eigenvalue weighted by atomic mass is 9.81. The van der Waals surface area contributed by atoms with E-state index < -0.39 is 43.5 Å². The lowest BCUT2D eigenvalue weighted by Gasteiger charge is -2.44. The molecular weight excluding hydrogens is 348 g/mol. The first-order chi connectivity index (χ1) is 11.0. The number of hydrogen-bond acceptors (Lipinski definition) is 3. The lowest BCUT2D eigenvalue weighted by Crippen LogP contribution is -2.52. The highest BCUT2D eigenvalue weighted by molar-refractivity contribution is 7.92. The monoisotopic (exact) mass is 366 g/mol. The molecule has 8 heteroatoms. The van der Waals surface area contributed by atoms with Gasteiger partial charge in [-0.15, -0.1) is 0 Å². The average Bonchev–Trinajstić information content (AvgIpc) is 2.42. The molecule has 1 aromatic carbocycles. The van der Waals surface area contributed by atoms with Crippen molar-refractivity contribution in [3.05, 3.63) is 35.1 Å². The molecule has 2 aliphatic heterocycles. The zero-order chi connectivity index (χ0) is 17.8. The second-order valence-electron chi connectivity index (χ2n) is 6.88. The van der Waals surface area contributed by atoms with E-state index in [-0.39, 0.29) is 24.8 Å². The number of sulfone groups is 1. The molecule has 24 heavy (non-hydrogen) atoms. The maximum atomic E-state index is 14.0. The van der Waals surface area contributed by atoms with E-state index in [0.29, 0.717) is 18.9 Å². The van der Waals surface area contributed by atoms with E-state index in [0.717, 1.165) is 18.6 Å². The highest BCUT2D eigenvalue weighted by Gasteiger charge is 2.50. The van der Waals surface area contributed by atoms with Crippen LogP contribution in [0.2, 0.25) is 0 Å². The Morgan fingerprint density at radius 1 is 1.17 bits per heavy atom. The second kappa shape index (κ2) is 5.69. The highest BCUT2D eigenvalue weighted by atomic mass is 32.2. The Labute approximate surface area is 137 Å². The van der Waals surface area contributed by atoms with Crippen molar-refractivity contribution in [3.63, 3.8) is 0 Å². The van der Waals surface area contributed by atoms with Gasteiger partial charge in [0.2, 0.25) is 0 Å². The van der Waals surface area contributed by atoms with Crippen LogP contribution in [0.5, 0.6) is 0 Å². The van der Waals surface area contributed by atoms with Gasteiger partial charge in [0.25, 0.3) is 0 Å². The summed E-state index contributed by atoms with van der Waals surface area (Å²) in [5, 5.41) is 9.47. The molecule has 2 bridgehead atoms. The van der Waals surface area contributed by atoms with Crippen LogP contribution in [0.15, 0.2) is 18.2 Å². The first-order valence-corrected chi connectivity index (χ1v) is 9.43. The van der Waals surface area contributed by atoms with Gasteiger partial charge < -0.3 is 5.11 Å². The summed E-state index contributed by atoms with van der Waals surface area (Å²) in [6.45, 7) is 0. The van der Waals surface area contributed by atoms with Gasteiger partial charge in [-0.05, 0) is 43.4 Å². The minimum Gasteiger partial charge on any atom is -0.389 e. The topological polar surface area (TPSA) is 54.4 Å². The Kier molecular flexibility index (Phi) is 4.19. The molecule has 1 aromatic rings. The van der Waals surface area contributed by atoms with Gasteiger partial charge in [-0.2, -0.15) is 13.2 Å². The standard InChI is InChI=1S/C16H18F4O3S/c17-14-6-11(16(18,19)20)5-4-10(14)7-15(21)8-12-2-1-3-13(9-15)24(12,22)23/h4-6,12-13,21H,1-3,7-9H2. The van der Waals surface area contributed by atoms with E-state index in [9.17, 15) is 31.1 Å². The molecule has 0 spiro atoms. The Bertz CT molecular complexity index is 722. The van der Waals surface area contributed by atoms with Gasteiger partial charge in [0, 0.05) is 6.42 Å². The lowest BCUT2D eigenvalue weighted by molar-refractivity contribution is -0.137. The van der Waals surface area contributed by atoms with Crippen molar-refractivity contribution in [1.29, 1.82) is 0 Å². The van der Waals surface area contributed by atoms with E-state index in [1.54, 1.807) is 0 Å². The van der Waals surface area contributed by atoms with Gasteiger partial charge in [0.1, 0.15) is 5.82 Å². The molecule has 1 N–H and O–H groups in total. The molecule has 3 nitrogen and oxygen atoms in total. The highest BCUT2D eigenvalue weighted by Crippen LogP contribution is 2.43. The molecule has 2 heterocycles. The summed E-state index contributed by atoms with van der Waals surface area (Å²) in [6, 6.07) is 2.22. The Morgan fingerprint density at radius 2 is 1.75 bits per heavy atom. The molecule has 2 atom stereocenters. The normalized spacial score (nSPS) is 32.5. The number of fused-ring (bicyclic) bond motifs is 2. The van der Waals surface area contributed by atoms with Crippen LogP contribution in [0.25, 0.3) is 0 Å². The summed E-state index contributed by atoms with van der Waals surface area (Å²) in [4.78, 5) is 0. The third kappa shape index (κ3) is 3.18. The predicted molar refractivity (Wildman–Crippen MR) is 79.6 cm³/mol. The number of halogens is 4. The molecule has 2 unspecified atom stereocenters. The summed E-state index contributed by atoms with van der Waals surface area (Å²) in [7, 11) is -3.27. The van der Waals surface area contributed by atoms with Crippen molar-refractivity contribution >= 4 is 9.84 Å². The molecule has 2 aliphatic rings. The molecule has 0 aliphatic carbocycles. The largest absolute Gasteiger partial charge is 0.416 e. The summed E-state index contributed by atoms with van der Waals surface area (Å²) in [5.41, 5.74) is -2.51. The third-order valence-electron chi connectivity index (χ3n) is 5.10. The fraction of sp³-hybridized carbons (Fsp3) is 0.625. The Morgan fingerprint density at radius 3 is 2.25 bits per heavy atom. The maximum Gasteiger partial charge on any atom is 0.416 e. The molecule has 134 valence electrons. The molecule has 0 aromatic heterocycles. The van der Waals surface area contributed by atoms with E-state index >= 15 is 0 Å². The maximum absolute atomic E-state index is 14.0. The van der Waals surface area contributed by atoms with E-state index in [2.05, 4.69) is 0 Å².